The van der Waals surface area contributed by atoms with Crippen molar-refractivity contribution < 1.29 is 0 Å². The Morgan fingerprint density at radius 1 is 0.571 bits per heavy atom. The van der Waals surface area contributed by atoms with Crippen LogP contribution in [0, 0.1) is 5.92 Å². The molecule has 2 unspecified atom stereocenters. The maximum absolute atomic E-state index is 5.30. The first kappa shape index (κ1) is 27.8. The van der Waals surface area contributed by atoms with Gasteiger partial charge in [-0.1, -0.05) is 122 Å². The van der Waals surface area contributed by atoms with Gasteiger partial charge in [0.25, 0.3) is 0 Å². The molecule has 1 aliphatic carbocycles. The highest BCUT2D eigenvalue weighted by atomic mass is 15.0. The molecule has 0 spiro atoms. The molecule has 5 aromatic carbocycles. The van der Waals surface area contributed by atoms with Crippen molar-refractivity contribution in [3.63, 3.8) is 0 Å². The number of aromatic nitrogens is 4. The zero-order chi connectivity index (χ0) is 32.5. The summed E-state index contributed by atoms with van der Waals surface area (Å²) < 4.78 is 4.91. The van der Waals surface area contributed by atoms with Crippen molar-refractivity contribution in [2.75, 3.05) is 0 Å². The minimum absolute atomic E-state index is 0.190. The van der Waals surface area contributed by atoms with Crippen molar-refractivity contribution in [1.82, 2.24) is 19.1 Å². The third kappa shape index (κ3) is 4.24. The number of nitrogens with zero attached hydrogens (tertiary/aromatic N) is 4. The minimum Gasteiger partial charge on any atom is -0.309 e. The molecule has 4 heteroatoms. The fourth-order valence-electron chi connectivity index (χ4n) is 7.99. The first-order valence-corrected chi connectivity index (χ1v) is 17.0. The molecule has 2 atom stereocenters. The van der Waals surface area contributed by atoms with E-state index in [2.05, 4.69) is 174 Å². The van der Waals surface area contributed by atoms with Gasteiger partial charge in [-0.3, -0.25) is 9.97 Å². The zero-order valence-corrected chi connectivity index (χ0v) is 27.0. The Balaban J connectivity index is 1.34. The van der Waals surface area contributed by atoms with Crippen LogP contribution in [-0.4, -0.2) is 19.1 Å². The number of hydrogen-bond donors (Lipinski definition) is 0. The van der Waals surface area contributed by atoms with Crippen molar-refractivity contribution in [3.05, 3.63) is 170 Å². The molecule has 232 valence electrons. The fourth-order valence-corrected chi connectivity index (χ4v) is 7.99. The zero-order valence-electron chi connectivity index (χ0n) is 27.0. The SMILES string of the molecule is CC1C=CC=CC1c1cc(-n2c3ccccc3c3c2ccc2c4ccccc4n(-c4ccnc5ccccc45)c23)cc(-c2ccccc2)n1. The Labute approximate surface area is 283 Å². The number of para-hydroxylation sites is 3. The van der Waals surface area contributed by atoms with Gasteiger partial charge in [0.2, 0.25) is 0 Å². The standard InChI is InChI=1S/C45H32N4/c1-29-13-5-6-16-32(29)39-28-31(27-38(47-39)30-14-3-2-4-15-30)48-41-22-12-9-19-36(41)44-43(48)24-23-34-33-17-8-11-21-40(33)49(45(34)44)42-25-26-46-37-20-10-7-18-35(37)42/h2-29,32H,1H3. The summed E-state index contributed by atoms with van der Waals surface area (Å²) in [5.41, 5.74) is 11.1. The van der Waals surface area contributed by atoms with Crippen LogP contribution in [0.1, 0.15) is 18.5 Å². The molecule has 0 amide bonds. The Bertz CT molecular complexity index is 2790. The van der Waals surface area contributed by atoms with Gasteiger partial charge in [0.1, 0.15) is 0 Å². The number of benzene rings is 5. The maximum atomic E-state index is 5.30. The number of allylic oxidation sites excluding steroid dienone is 4. The predicted molar refractivity (Wildman–Crippen MR) is 204 cm³/mol. The molecule has 0 saturated heterocycles. The molecule has 10 rings (SSSR count). The van der Waals surface area contributed by atoms with Crippen LogP contribution in [0.15, 0.2) is 164 Å². The molecule has 4 aromatic heterocycles. The fraction of sp³-hybridized carbons (Fsp3) is 0.0667. The highest BCUT2D eigenvalue weighted by molar-refractivity contribution is 6.26. The molecule has 1 aliphatic rings. The molecular formula is C45H32N4. The van der Waals surface area contributed by atoms with Gasteiger partial charge in [-0.25, -0.2) is 0 Å². The lowest BCUT2D eigenvalue weighted by molar-refractivity contribution is 0.620. The average Bonchev–Trinajstić information content (AvgIpc) is 3.68. The van der Waals surface area contributed by atoms with Crippen LogP contribution in [0.3, 0.4) is 0 Å². The summed E-state index contributed by atoms with van der Waals surface area (Å²) in [4.78, 5) is 10.0. The van der Waals surface area contributed by atoms with E-state index in [1.54, 1.807) is 0 Å². The Hall–Kier alpha value is -6.26. The van der Waals surface area contributed by atoms with E-state index in [1.165, 1.54) is 43.6 Å². The van der Waals surface area contributed by atoms with Gasteiger partial charge in [0.05, 0.1) is 50.3 Å². The molecule has 4 nitrogen and oxygen atoms in total. The van der Waals surface area contributed by atoms with Crippen LogP contribution in [0.4, 0.5) is 0 Å². The second kappa shape index (κ2) is 10.9. The Kier molecular flexibility index (Phi) is 6.18. The van der Waals surface area contributed by atoms with Crippen LogP contribution in [0.25, 0.3) is 77.1 Å². The molecular weight excluding hydrogens is 597 g/mol. The van der Waals surface area contributed by atoms with Crippen molar-refractivity contribution in [1.29, 1.82) is 0 Å². The molecule has 49 heavy (non-hydrogen) atoms. The Morgan fingerprint density at radius 3 is 2.12 bits per heavy atom. The monoisotopic (exact) mass is 628 g/mol. The van der Waals surface area contributed by atoms with Gasteiger partial charge in [0, 0.05) is 44.6 Å². The van der Waals surface area contributed by atoms with E-state index < -0.39 is 0 Å². The van der Waals surface area contributed by atoms with Crippen LogP contribution >= 0.6 is 0 Å². The van der Waals surface area contributed by atoms with Gasteiger partial charge < -0.3 is 9.13 Å². The van der Waals surface area contributed by atoms with E-state index >= 15 is 0 Å². The van der Waals surface area contributed by atoms with Crippen molar-refractivity contribution >= 4 is 54.5 Å². The summed E-state index contributed by atoms with van der Waals surface area (Å²) in [6.45, 7) is 2.28. The second-order valence-electron chi connectivity index (χ2n) is 13.1. The van der Waals surface area contributed by atoms with Gasteiger partial charge in [-0.15, -0.1) is 0 Å². The molecule has 4 heterocycles. The third-order valence-electron chi connectivity index (χ3n) is 10.2. The molecule has 0 N–H and O–H groups in total. The summed E-state index contributed by atoms with van der Waals surface area (Å²) >= 11 is 0. The maximum Gasteiger partial charge on any atom is 0.0726 e. The summed E-state index contributed by atoms with van der Waals surface area (Å²) in [6.07, 6.45) is 10.8. The van der Waals surface area contributed by atoms with E-state index in [9.17, 15) is 0 Å². The Morgan fingerprint density at radius 2 is 1.29 bits per heavy atom. The second-order valence-corrected chi connectivity index (χ2v) is 13.1. The first-order chi connectivity index (χ1) is 24.2. The topological polar surface area (TPSA) is 35.6 Å². The lowest BCUT2D eigenvalue weighted by Gasteiger charge is -2.22. The van der Waals surface area contributed by atoms with E-state index in [4.69, 9.17) is 9.97 Å². The first-order valence-electron chi connectivity index (χ1n) is 17.0. The van der Waals surface area contributed by atoms with E-state index in [0.29, 0.717) is 5.92 Å². The summed E-state index contributed by atoms with van der Waals surface area (Å²) in [5, 5.41) is 6.06. The normalized spacial score (nSPS) is 16.1. The highest BCUT2D eigenvalue weighted by Crippen LogP contribution is 2.43. The molecule has 0 aliphatic heterocycles. The number of pyridine rings is 2. The van der Waals surface area contributed by atoms with Crippen LogP contribution in [-0.2, 0) is 0 Å². The van der Waals surface area contributed by atoms with Crippen LogP contribution < -0.4 is 0 Å². The van der Waals surface area contributed by atoms with E-state index in [1.807, 2.05) is 6.20 Å². The van der Waals surface area contributed by atoms with Crippen LogP contribution in [0.5, 0.6) is 0 Å². The van der Waals surface area contributed by atoms with E-state index in [0.717, 1.165) is 39.2 Å². The molecule has 0 radical (unpaired) electrons. The molecule has 0 fully saturated rings. The third-order valence-corrected chi connectivity index (χ3v) is 10.2. The molecule has 0 bridgehead atoms. The average molecular weight is 629 g/mol. The van der Waals surface area contributed by atoms with Gasteiger partial charge in [-0.2, -0.15) is 0 Å². The molecule has 0 saturated carbocycles. The number of hydrogen-bond acceptors (Lipinski definition) is 2. The van der Waals surface area contributed by atoms with Gasteiger partial charge in [-0.05, 0) is 48.4 Å². The summed E-state index contributed by atoms with van der Waals surface area (Å²) in [5.74, 6) is 0.537. The summed E-state index contributed by atoms with van der Waals surface area (Å²) in [7, 11) is 0. The van der Waals surface area contributed by atoms with Crippen molar-refractivity contribution in [2.24, 2.45) is 5.92 Å². The number of fused-ring (bicyclic) bond motifs is 8. The lowest BCUT2D eigenvalue weighted by atomic mass is 9.86. The van der Waals surface area contributed by atoms with Gasteiger partial charge in [0.15, 0.2) is 0 Å². The van der Waals surface area contributed by atoms with E-state index in [-0.39, 0.29) is 5.92 Å². The predicted octanol–water partition coefficient (Wildman–Crippen LogP) is 11.3. The summed E-state index contributed by atoms with van der Waals surface area (Å²) in [6, 6.07) is 47.9. The lowest BCUT2D eigenvalue weighted by Crippen LogP contribution is -2.11. The highest BCUT2D eigenvalue weighted by Gasteiger charge is 2.24. The smallest absolute Gasteiger partial charge is 0.0726 e. The largest absolute Gasteiger partial charge is 0.309 e. The minimum atomic E-state index is 0.190. The van der Waals surface area contributed by atoms with Gasteiger partial charge >= 0.3 is 0 Å². The van der Waals surface area contributed by atoms with Crippen LogP contribution in [0.2, 0.25) is 0 Å². The van der Waals surface area contributed by atoms with Crippen molar-refractivity contribution in [2.45, 2.75) is 12.8 Å². The number of rotatable bonds is 4. The molecule has 9 aromatic rings. The quantitative estimate of drug-likeness (QED) is 0.194. The van der Waals surface area contributed by atoms with Crippen molar-refractivity contribution in [3.8, 4) is 22.6 Å².